The Bertz CT molecular complexity index is 2530. The maximum absolute atomic E-state index is 15.1. The third-order valence-corrected chi connectivity index (χ3v) is 14.6. The number of carbonyl (C=O) groups is 5. The summed E-state index contributed by atoms with van der Waals surface area (Å²) in [6.45, 7) is 7.12. The Morgan fingerprint density at radius 1 is 1.00 bits per heavy atom. The average molecular weight is 955 g/mol. The summed E-state index contributed by atoms with van der Waals surface area (Å²) in [4.78, 5) is 71.5. The van der Waals surface area contributed by atoms with E-state index in [1.54, 1.807) is 71.4 Å². The third-order valence-electron chi connectivity index (χ3n) is 11.3. The first-order valence-corrected chi connectivity index (χ1v) is 24.6. The van der Waals surface area contributed by atoms with Gasteiger partial charge in [-0.25, -0.2) is 9.82 Å². The molecular formula is C49H57FN8O7S2. The van der Waals surface area contributed by atoms with E-state index in [-0.39, 0.29) is 47.8 Å². The van der Waals surface area contributed by atoms with E-state index in [4.69, 9.17) is 12.2 Å². The highest BCUT2D eigenvalue weighted by Crippen LogP contribution is 2.47. The number of aromatic nitrogens is 1. The first-order valence-electron chi connectivity index (χ1n) is 23.3. The summed E-state index contributed by atoms with van der Waals surface area (Å²) in [6, 6.07) is 20.2. The summed E-state index contributed by atoms with van der Waals surface area (Å²) in [5.41, 5.74) is 6.59. The molecule has 3 aromatic carbocycles. The monoisotopic (exact) mass is 954 g/mol. The molecule has 0 radical (unpaired) electrons. The van der Waals surface area contributed by atoms with Crippen molar-refractivity contribution in [2.24, 2.45) is 11.0 Å². The minimum Gasteiger partial charge on any atom is -0.493 e. The van der Waals surface area contributed by atoms with Gasteiger partial charge in [0, 0.05) is 131 Å². The standard InChI is InChI=1S/C49H57FN8O7S2/c1-49(2,29-45(60)56-55-42-16-24-65-43-27-37(14-15-38(42)43)64-23-5-7-44(59)51-3)67-66-25-17-46(61)58-21-19-57(20-22-58)36-12-9-32(10-13-36)47(62)53-31-34-8-11-35(26-41(34)50)54-48(63)40-28-39(40)33-6-4-18-52-30-33/h4,6,8-15,18,26-27,30,39-40H,5,7,16-17,19-25,28-29,31H2,1-3H3,(H,51,59)(H,53,62)(H,54,63)(H,56,60)/b55-42+/t39-,40+/m1/s1/i28D2. The molecule has 2 fully saturated rings. The fraction of sp³-hybridized carbons (Fsp3) is 0.408. The van der Waals surface area contributed by atoms with Gasteiger partial charge >= 0.3 is 0 Å². The van der Waals surface area contributed by atoms with Crippen LogP contribution in [0.2, 0.25) is 0 Å². The summed E-state index contributed by atoms with van der Waals surface area (Å²) in [5, 5.41) is 12.4. The van der Waals surface area contributed by atoms with Crippen LogP contribution in [0.3, 0.4) is 0 Å². The van der Waals surface area contributed by atoms with Gasteiger partial charge in [0.1, 0.15) is 17.3 Å². The number of pyridine rings is 1. The molecule has 0 unspecified atom stereocenters. The molecular weight excluding hydrogens is 896 g/mol. The van der Waals surface area contributed by atoms with E-state index < -0.39 is 34.7 Å². The molecule has 0 bridgehead atoms. The zero-order valence-electron chi connectivity index (χ0n) is 39.8. The lowest BCUT2D eigenvalue weighted by Gasteiger charge is -2.36. The van der Waals surface area contributed by atoms with E-state index in [0.717, 1.165) is 23.0 Å². The molecule has 0 spiro atoms. The van der Waals surface area contributed by atoms with Gasteiger partial charge < -0.3 is 35.2 Å². The number of halogens is 1. The van der Waals surface area contributed by atoms with Crippen molar-refractivity contribution in [1.82, 2.24) is 25.9 Å². The van der Waals surface area contributed by atoms with Crippen LogP contribution in [-0.4, -0.2) is 102 Å². The zero-order valence-corrected chi connectivity index (χ0v) is 39.4. The number of nitrogens with one attached hydrogen (secondary N) is 4. The van der Waals surface area contributed by atoms with E-state index in [2.05, 4.69) is 36.4 Å². The number of hydrogen-bond donors (Lipinski definition) is 4. The Morgan fingerprint density at radius 2 is 1.81 bits per heavy atom. The average Bonchev–Trinajstić information content (AvgIpc) is 3.94. The van der Waals surface area contributed by atoms with E-state index >= 15 is 4.39 Å². The number of nitrogens with zero attached hydrogens (tertiary/aromatic N) is 4. The Balaban J connectivity index is 0.773. The van der Waals surface area contributed by atoms with Gasteiger partial charge in [0.15, 0.2) is 0 Å². The number of hydrazone groups is 1. The number of ether oxygens (including phenoxy) is 2. The van der Waals surface area contributed by atoms with Crippen molar-refractivity contribution in [3.63, 3.8) is 0 Å². The van der Waals surface area contributed by atoms with Crippen molar-refractivity contribution in [2.75, 3.05) is 62.4 Å². The molecule has 4 aromatic rings. The fourth-order valence-corrected chi connectivity index (χ4v) is 10.1. The van der Waals surface area contributed by atoms with Crippen LogP contribution in [0.4, 0.5) is 15.8 Å². The third kappa shape index (κ3) is 13.9. The Hall–Kier alpha value is -6.14. The topological polar surface area (TPSA) is 184 Å². The predicted molar refractivity (Wildman–Crippen MR) is 260 cm³/mol. The van der Waals surface area contributed by atoms with Crippen molar-refractivity contribution in [2.45, 2.75) is 69.5 Å². The predicted octanol–water partition coefficient (Wildman–Crippen LogP) is 6.69. The maximum Gasteiger partial charge on any atom is 0.251 e. The lowest BCUT2D eigenvalue weighted by Crippen LogP contribution is -2.48. The summed E-state index contributed by atoms with van der Waals surface area (Å²) in [6.07, 6.45) is 3.51. The van der Waals surface area contributed by atoms with Crippen LogP contribution in [-0.2, 0) is 25.7 Å². The van der Waals surface area contributed by atoms with Crippen LogP contribution in [0, 0.1) is 11.7 Å². The van der Waals surface area contributed by atoms with Crippen LogP contribution in [0.1, 0.15) is 88.0 Å². The van der Waals surface area contributed by atoms with Crippen LogP contribution in [0.25, 0.3) is 0 Å². The molecule has 2 atom stereocenters. The Labute approximate surface area is 401 Å². The van der Waals surface area contributed by atoms with Crippen molar-refractivity contribution < 1.29 is 40.6 Å². The van der Waals surface area contributed by atoms with Crippen molar-refractivity contribution in [3.8, 4) is 11.5 Å². The van der Waals surface area contributed by atoms with Gasteiger partial charge in [0.2, 0.25) is 23.6 Å². The summed E-state index contributed by atoms with van der Waals surface area (Å²) in [7, 11) is 4.74. The van der Waals surface area contributed by atoms with Crippen LogP contribution >= 0.6 is 21.6 Å². The summed E-state index contributed by atoms with van der Waals surface area (Å²) in [5.74, 6) is -1.41. The van der Waals surface area contributed by atoms with Gasteiger partial charge in [-0.05, 0) is 92.7 Å². The SMILES string of the molecule is [2H]C1([2H])[C@H](C(=O)Nc2ccc(CNC(=O)c3ccc(N4CCN(C(=O)CCSSC(C)(C)CC(=O)N/N=C5\CCOc6cc(OCCCC(=O)NC)ccc65)CC4)cc3)c(F)c2)[C@H]1c1cccnc1. The highest BCUT2D eigenvalue weighted by Gasteiger charge is 2.44. The smallest absolute Gasteiger partial charge is 0.251 e. The number of anilines is 2. The van der Waals surface area contributed by atoms with E-state index in [1.165, 1.54) is 12.1 Å². The van der Waals surface area contributed by atoms with Crippen LogP contribution in [0.15, 0.2) is 90.3 Å². The minimum atomic E-state index is -1.74. The van der Waals surface area contributed by atoms with Crippen LogP contribution in [0.5, 0.6) is 11.5 Å². The van der Waals surface area contributed by atoms with Gasteiger partial charge in [-0.2, -0.15) is 5.10 Å². The first-order chi connectivity index (χ1) is 33.1. The fourth-order valence-electron chi connectivity index (χ4n) is 7.60. The largest absolute Gasteiger partial charge is 0.493 e. The first kappa shape index (κ1) is 46.0. The van der Waals surface area contributed by atoms with Crippen molar-refractivity contribution in [1.29, 1.82) is 0 Å². The highest BCUT2D eigenvalue weighted by atomic mass is 33.1. The lowest BCUT2D eigenvalue weighted by atomic mass is 10.0. The molecule has 67 heavy (non-hydrogen) atoms. The zero-order chi connectivity index (χ0) is 49.1. The van der Waals surface area contributed by atoms with E-state index in [1.807, 2.05) is 43.0 Å². The quantitative estimate of drug-likeness (QED) is 0.0421. The molecule has 354 valence electrons. The lowest BCUT2D eigenvalue weighted by molar-refractivity contribution is -0.131. The Kier molecular flexibility index (Phi) is 15.8. The number of rotatable bonds is 20. The second kappa shape index (κ2) is 23.0. The molecule has 7 rings (SSSR count). The second-order valence-corrected chi connectivity index (χ2v) is 20.0. The van der Waals surface area contributed by atoms with Crippen molar-refractivity contribution >= 4 is 68.2 Å². The molecule has 2 aliphatic heterocycles. The number of hydrogen-bond acceptors (Lipinski definition) is 12. The molecule has 4 N–H and O–H groups in total. The molecule has 3 aliphatic rings. The van der Waals surface area contributed by atoms with Gasteiger partial charge in [0.25, 0.3) is 5.91 Å². The second-order valence-electron chi connectivity index (χ2n) is 16.9. The van der Waals surface area contributed by atoms with Gasteiger partial charge in [-0.1, -0.05) is 33.7 Å². The number of carbonyl (C=O) groups excluding carboxylic acids is 5. The maximum atomic E-state index is 15.1. The van der Waals surface area contributed by atoms with Gasteiger partial charge in [-0.3, -0.25) is 29.0 Å². The van der Waals surface area contributed by atoms with E-state index in [9.17, 15) is 24.0 Å². The molecule has 1 saturated heterocycles. The summed E-state index contributed by atoms with van der Waals surface area (Å²) >= 11 is 0. The van der Waals surface area contributed by atoms with Crippen LogP contribution < -0.4 is 35.7 Å². The van der Waals surface area contributed by atoms with Gasteiger partial charge in [0.05, 0.1) is 18.9 Å². The molecule has 18 heteroatoms. The summed E-state index contributed by atoms with van der Waals surface area (Å²) < 4.78 is 42.8. The molecule has 15 nitrogen and oxygen atoms in total. The number of piperazine rings is 1. The molecule has 3 heterocycles. The minimum absolute atomic E-state index is 0.0337. The normalized spacial score (nSPS) is 18.4. The molecule has 1 saturated carbocycles. The van der Waals surface area contributed by atoms with Crippen molar-refractivity contribution in [3.05, 3.63) is 113 Å². The van der Waals surface area contributed by atoms with E-state index in [0.29, 0.717) is 93.5 Å². The molecule has 1 aliphatic carbocycles. The highest BCUT2D eigenvalue weighted by molar-refractivity contribution is 8.77. The number of fused-ring (bicyclic) bond motifs is 1. The molecule has 1 aromatic heterocycles. The Morgan fingerprint density at radius 3 is 2.55 bits per heavy atom. The van der Waals surface area contributed by atoms with Gasteiger partial charge in [-0.15, -0.1) is 0 Å². The molecule has 5 amide bonds. The number of benzene rings is 3. The number of amides is 5.